The first-order valence-corrected chi connectivity index (χ1v) is 6.27. The molecule has 1 aromatic rings. The normalized spacial score (nSPS) is 13.4. The van der Waals surface area contributed by atoms with Crippen LogP contribution in [-0.4, -0.2) is 40.5 Å². The van der Waals surface area contributed by atoms with Crippen LogP contribution in [0.4, 0.5) is 0 Å². The molecule has 18 heavy (non-hydrogen) atoms. The van der Waals surface area contributed by atoms with Crippen LogP contribution in [0.2, 0.25) is 0 Å². The first kappa shape index (κ1) is 14.5. The van der Waals surface area contributed by atoms with E-state index in [2.05, 4.69) is 20.7 Å². The topological polar surface area (TPSA) is 74.5 Å². The highest BCUT2D eigenvalue weighted by Crippen LogP contribution is 1.98. The summed E-state index contributed by atoms with van der Waals surface area (Å²) >= 11 is 0. The fourth-order valence-corrected chi connectivity index (χ4v) is 1.39. The number of hydrogen-bond acceptors (Lipinski definition) is 3. The summed E-state index contributed by atoms with van der Waals surface area (Å²) in [5.74, 6) is 0.976. The molecule has 1 heterocycles. The molecule has 0 radical (unpaired) electrons. The second-order valence-electron chi connectivity index (χ2n) is 4.31. The van der Waals surface area contributed by atoms with Crippen molar-refractivity contribution in [3.63, 3.8) is 0 Å². The maximum Gasteiger partial charge on any atom is 0.191 e. The van der Waals surface area contributed by atoms with E-state index >= 15 is 0 Å². The summed E-state index contributed by atoms with van der Waals surface area (Å²) in [7, 11) is 1.90. The Labute approximate surface area is 108 Å². The number of hydrogen-bond donors (Lipinski definition) is 3. The van der Waals surface area contributed by atoms with E-state index in [-0.39, 0.29) is 12.5 Å². The molecule has 1 aromatic heterocycles. The Morgan fingerprint density at radius 3 is 2.89 bits per heavy atom. The predicted molar refractivity (Wildman–Crippen MR) is 72.3 cm³/mol. The van der Waals surface area contributed by atoms with Crippen molar-refractivity contribution in [1.82, 2.24) is 20.4 Å². The third-order valence-corrected chi connectivity index (χ3v) is 2.60. The molecular weight excluding hydrogens is 230 g/mol. The molecule has 0 spiro atoms. The fourth-order valence-electron chi connectivity index (χ4n) is 1.39. The van der Waals surface area contributed by atoms with E-state index in [1.54, 1.807) is 6.20 Å². The highest BCUT2D eigenvalue weighted by atomic mass is 16.3. The van der Waals surface area contributed by atoms with Gasteiger partial charge in [0.2, 0.25) is 0 Å². The number of nitrogens with zero attached hydrogens (tertiary/aromatic N) is 3. The van der Waals surface area contributed by atoms with E-state index in [4.69, 9.17) is 5.11 Å². The number of aliphatic hydroxyl groups is 1. The van der Waals surface area contributed by atoms with Crippen molar-refractivity contribution >= 4 is 5.96 Å². The van der Waals surface area contributed by atoms with Gasteiger partial charge in [0.1, 0.15) is 0 Å². The van der Waals surface area contributed by atoms with Crippen LogP contribution in [0.5, 0.6) is 0 Å². The van der Waals surface area contributed by atoms with Gasteiger partial charge in [-0.15, -0.1) is 0 Å². The third-order valence-electron chi connectivity index (χ3n) is 2.60. The van der Waals surface area contributed by atoms with Crippen LogP contribution in [0.3, 0.4) is 0 Å². The van der Waals surface area contributed by atoms with Gasteiger partial charge in [0.25, 0.3) is 0 Å². The Balaban J connectivity index is 2.52. The smallest absolute Gasteiger partial charge is 0.191 e. The molecule has 102 valence electrons. The Hall–Kier alpha value is -1.56. The summed E-state index contributed by atoms with van der Waals surface area (Å²) in [5.41, 5.74) is 1.06. The molecule has 0 saturated carbocycles. The summed E-state index contributed by atoms with van der Waals surface area (Å²) in [4.78, 5) is 4.47. The molecular formula is C12H23N5O. The highest BCUT2D eigenvalue weighted by Gasteiger charge is 2.03. The lowest BCUT2D eigenvalue weighted by Crippen LogP contribution is -2.40. The number of aliphatic hydroxyl groups excluding tert-OH is 1. The highest BCUT2D eigenvalue weighted by molar-refractivity contribution is 5.79. The lowest BCUT2D eigenvalue weighted by Gasteiger charge is -2.14. The van der Waals surface area contributed by atoms with E-state index in [0.29, 0.717) is 13.1 Å². The molecule has 6 heteroatoms. The van der Waals surface area contributed by atoms with Crippen molar-refractivity contribution in [2.24, 2.45) is 18.0 Å². The SMILES string of the molecule is CCNC(=NCc1ccnn1C)NCC(C)CO. The van der Waals surface area contributed by atoms with Gasteiger partial charge in [0, 0.05) is 32.9 Å². The minimum absolute atomic E-state index is 0.175. The Morgan fingerprint density at radius 2 is 2.33 bits per heavy atom. The summed E-state index contributed by atoms with van der Waals surface area (Å²) in [6.45, 7) is 6.28. The lowest BCUT2D eigenvalue weighted by molar-refractivity contribution is 0.238. The molecule has 3 N–H and O–H groups in total. The molecule has 1 unspecified atom stereocenters. The van der Waals surface area contributed by atoms with Crippen molar-refractivity contribution in [2.45, 2.75) is 20.4 Å². The van der Waals surface area contributed by atoms with Gasteiger partial charge in [0.05, 0.1) is 12.2 Å². The third kappa shape index (κ3) is 4.75. The van der Waals surface area contributed by atoms with Gasteiger partial charge in [-0.25, -0.2) is 4.99 Å². The molecule has 0 aliphatic carbocycles. The quantitative estimate of drug-likeness (QED) is 0.497. The van der Waals surface area contributed by atoms with E-state index in [1.807, 2.05) is 31.6 Å². The van der Waals surface area contributed by atoms with Crippen LogP contribution in [0, 0.1) is 5.92 Å². The average Bonchev–Trinajstić information content (AvgIpc) is 2.78. The van der Waals surface area contributed by atoms with Crippen LogP contribution in [0.15, 0.2) is 17.3 Å². The van der Waals surface area contributed by atoms with Crippen LogP contribution in [0.25, 0.3) is 0 Å². The Bertz CT molecular complexity index is 374. The molecule has 6 nitrogen and oxygen atoms in total. The summed E-state index contributed by atoms with van der Waals surface area (Å²) < 4.78 is 1.81. The maximum atomic E-state index is 8.98. The van der Waals surface area contributed by atoms with Gasteiger partial charge in [-0.1, -0.05) is 6.92 Å². The van der Waals surface area contributed by atoms with Gasteiger partial charge >= 0.3 is 0 Å². The Kier molecular flexibility index (Phi) is 6.21. The number of guanidine groups is 1. The van der Waals surface area contributed by atoms with Crippen molar-refractivity contribution in [2.75, 3.05) is 19.7 Å². The van der Waals surface area contributed by atoms with Gasteiger partial charge in [-0.3, -0.25) is 4.68 Å². The zero-order valence-electron chi connectivity index (χ0n) is 11.3. The standard InChI is InChI=1S/C12H23N5O/c1-4-13-12(14-7-10(2)9-18)15-8-11-5-6-16-17(11)3/h5-6,10,18H,4,7-9H2,1-3H3,(H2,13,14,15). The van der Waals surface area contributed by atoms with Crippen LogP contribution < -0.4 is 10.6 Å². The maximum absolute atomic E-state index is 8.98. The number of aryl methyl sites for hydroxylation is 1. The van der Waals surface area contributed by atoms with Crippen molar-refractivity contribution < 1.29 is 5.11 Å². The molecule has 1 atom stereocenters. The van der Waals surface area contributed by atoms with E-state index in [1.165, 1.54) is 0 Å². The second kappa shape index (κ2) is 7.71. The number of rotatable bonds is 6. The number of nitrogens with one attached hydrogen (secondary N) is 2. The largest absolute Gasteiger partial charge is 0.396 e. The van der Waals surface area contributed by atoms with Gasteiger partial charge in [-0.05, 0) is 18.9 Å². The summed E-state index contributed by atoms with van der Waals surface area (Å²) in [5, 5.41) is 19.5. The van der Waals surface area contributed by atoms with Crippen LogP contribution in [0.1, 0.15) is 19.5 Å². The van der Waals surface area contributed by atoms with Crippen molar-refractivity contribution in [3.8, 4) is 0 Å². The molecule has 0 aliphatic rings. The van der Waals surface area contributed by atoms with Gasteiger partial charge in [-0.2, -0.15) is 5.10 Å². The zero-order chi connectivity index (χ0) is 13.4. The Morgan fingerprint density at radius 1 is 1.56 bits per heavy atom. The monoisotopic (exact) mass is 253 g/mol. The number of aromatic nitrogens is 2. The minimum atomic E-state index is 0.175. The van der Waals surface area contributed by atoms with Gasteiger partial charge in [0.15, 0.2) is 5.96 Å². The van der Waals surface area contributed by atoms with Crippen molar-refractivity contribution in [3.05, 3.63) is 18.0 Å². The minimum Gasteiger partial charge on any atom is -0.396 e. The van der Waals surface area contributed by atoms with E-state index < -0.39 is 0 Å². The number of aliphatic imine (C=N–C) groups is 1. The average molecular weight is 253 g/mol. The lowest BCUT2D eigenvalue weighted by atomic mass is 10.2. The summed E-state index contributed by atoms with van der Waals surface area (Å²) in [6.07, 6.45) is 1.76. The molecule has 1 rings (SSSR count). The zero-order valence-corrected chi connectivity index (χ0v) is 11.3. The molecule has 0 aromatic carbocycles. The first-order chi connectivity index (χ1) is 8.67. The summed E-state index contributed by atoms with van der Waals surface area (Å²) in [6, 6.07) is 1.95. The van der Waals surface area contributed by atoms with Crippen LogP contribution >= 0.6 is 0 Å². The first-order valence-electron chi connectivity index (χ1n) is 6.27. The molecule has 0 saturated heterocycles. The second-order valence-corrected chi connectivity index (χ2v) is 4.31. The van der Waals surface area contributed by atoms with Crippen LogP contribution in [-0.2, 0) is 13.6 Å². The predicted octanol–water partition coefficient (Wildman–Crippen LogP) is 0.104. The molecule has 0 fully saturated rings. The van der Waals surface area contributed by atoms with Gasteiger partial charge < -0.3 is 15.7 Å². The molecule has 0 amide bonds. The molecule has 0 bridgehead atoms. The van der Waals surface area contributed by atoms with E-state index in [0.717, 1.165) is 18.2 Å². The molecule has 0 aliphatic heterocycles. The van der Waals surface area contributed by atoms with Crippen molar-refractivity contribution in [1.29, 1.82) is 0 Å². The van der Waals surface area contributed by atoms with E-state index in [9.17, 15) is 0 Å². The fraction of sp³-hybridized carbons (Fsp3) is 0.667.